The molecule has 0 aromatic heterocycles. The van der Waals surface area contributed by atoms with Crippen molar-refractivity contribution in [3.63, 3.8) is 0 Å². The van der Waals surface area contributed by atoms with Gasteiger partial charge in [0.2, 0.25) is 0 Å². The lowest BCUT2D eigenvalue weighted by molar-refractivity contribution is 0.591. The Labute approximate surface area is 871 Å². The Balaban J connectivity index is 0.000000154. The Morgan fingerprint density at radius 2 is 0.318 bits per heavy atom. The average molecular weight is 1890 g/mol. The van der Waals surface area contributed by atoms with Gasteiger partial charge in [0.1, 0.15) is 0 Å². The highest BCUT2D eigenvalue weighted by atomic mass is 15.2. The van der Waals surface area contributed by atoms with Gasteiger partial charge in [0.05, 0.1) is 44.4 Å². The molecular weight excluding hydrogens is 1780 g/mol. The summed E-state index contributed by atoms with van der Waals surface area (Å²) in [4.78, 5) is 10.4. The molecule has 6 heteroatoms. The Morgan fingerprint density at radius 3 is 0.547 bits per heavy atom. The van der Waals surface area contributed by atoms with Crippen molar-refractivity contribution >= 4 is 114 Å². The molecule has 0 N–H and O–H groups in total. The molecule has 4 aliphatic rings. The number of hydrogen-bond acceptors (Lipinski definition) is 4. The maximum absolute atomic E-state index is 2.61. The molecule has 0 spiro atoms. The van der Waals surface area contributed by atoms with E-state index in [1.165, 1.54) is 184 Å². The number of para-hydroxylation sites is 5. The van der Waals surface area contributed by atoms with E-state index in [1.807, 2.05) is 0 Å². The monoisotopic (exact) mass is 1890 g/mol. The second-order valence-electron chi connectivity index (χ2n) is 40.8. The van der Waals surface area contributed by atoms with Crippen molar-refractivity contribution in [1.29, 1.82) is 0 Å². The van der Waals surface area contributed by atoms with Crippen molar-refractivity contribution in [2.24, 2.45) is 0 Å². The zero-order valence-electron chi connectivity index (χ0n) is 83.8. The molecule has 0 aliphatic carbocycles. The van der Waals surface area contributed by atoms with Crippen LogP contribution in [0.2, 0.25) is 0 Å². The van der Waals surface area contributed by atoms with Crippen LogP contribution in [0.25, 0.3) is 0 Å². The summed E-state index contributed by atoms with van der Waals surface area (Å²) in [6, 6.07) is 215. The molecule has 0 bridgehead atoms. The topological polar surface area (TPSA) is 13.0 Å². The van der Waals surface area contributed by atoms with Crippen molar-refractivity contribution in [2.75, 3.05) is 19.6 Å². The predicted octanol–water partition coefficient (Wildman–Crippen LogP) is 31.0. The lowest BCUT2D eigenvalue weighted by atomic mass is 9.33. The van der Waals surface area contributed by atoms with E-state index in [0.29, 0.717) is 0 Å². The van der Waals surface area contributed by atoms with Gasteiger partial charge in [-0.25, -0.2) is 0 Å². The molecule has 0 saturated carbocycles. The summed E-state index contributed by atoms with van der Waals surface area (Å²) >= 11 is 0. The number of benzene rings is 22. The minimum absolute atomic E-state index is 0.0351. The second-order valence-corrected chi connectivity index (χ2v) is 40.8. The van der Waals surface area contributed by atoms with E-state index in [1.54, 1.807) is 0 Å². The molecule has 0 radical (unpaired) electrons. The summed E-state index contributed by atoms with van der Waals surface area (Å²) in [5.74, 6) is 0. The van der Waals surface area contributed by atoms with Gasteiger partial charge in [-0.2, -0.15) is 0 Å². The van der Waals surface area contributed by atoms with Gasteiger partial charge in [-0.15, -0.1) is 0 Å². The van der Waals surface area contributed by atoms with Gasteiger partial charge in [-0.3, -0.25) is 0 Å². The zero-order valence-corrected chi connectivity index (χ0v) is 83.8. The van der Waals surface area contributed by atoms with E-state index in [2.05, 4.69) is 631 Å². The molecule has 4 nitrogen and oxygen atoms in total. The highest BCUT2D eigenvalue weighted by Crippen LogP contribution is 2.59. The van der Waals surface area contributed by atoms with Gasteiger partial charge in [0.25, 0.3) is 13.4 Å². The smallest absolute Gasteiger partial charge is 0.252 e. The van der Waals surface area contributed by atoms with Crippen LogP contribution in [0.15, 0.2) is 576 Å². The molecule has 4 aliphatic heterocycles. The van der Waals surface area contributed by atoms with Gasteiger partial charge >= 0.3 is 0 Å². The van der Waals surface area contributed by atoms with Crippen molar-refractivity contribution in [3.05, 3.63) is 682 Å². The third kappa shape index (κ3) is 14.8. The summed E-state index contributed by atoms with van der Waals surface area (Å²) in [5.41, 5.74) is 42.0. The molecule has 148 heavy (non-hydrogen) atoms. The van der Waals surface area contributed by atoms with Crippen molar-refractivity contribution in [2.45, 2.75) is 61.7 Å². The lowest BCUT2D eigenvalue weighted by Crippen LogP contribution is -2.61. The Bertz CT molecular complexity index is 7940. The van der Waals surface area contributed by atoms with Crippen LogP contribution in [0.5, 0.6) is 0 Å². The average Bonchev–Trinajstić information content (AvgIpc) is 0.688. The van der Waals surface area contributed by atoms with Crippen LogP contribution >= 0.6 is 0 Å². The molecule has 704 valence electrons. The standard InChI is InChI=1S/C72H57BN2.C70H53BN2/c1-70(2,3)58-49-50-66-62(51-58)73-61-43-24-27-46-65(61)74(63-44-25-22-41-59(63)71(52-29-10-4-11-30-52,53-31-12-5-13-32-53)54-33-14-6-15-34-54)67-47-28-48-68(69(67)73)75(66)64-45-26-23-42-60(64)72(55-35-16-7-17-36-55,56-37-18-8-19-38-56)57-39-20-9-21-40-57;1-50-44-46-64-60(48-50)71-61-49-51(2)45-47-65(61)73(63-41-24-22-39-59(63)70(55-32-15-6-16-33-55,56-34-17-7-18-35-56)57-36-19-8-20-37-57)67-43-25-42-66(68(67)71)72(64)62-40-23-21-38-58(62)69(52-26-9-3-10-27-52,53-28-11-4-12-29-53)54-30-13-5-14-31-54/h4-51H,1-3H3;3-49H,1-2H3. The summed E-state index contributed by atoms with van der Waals surface area (Å²) in [5, 5.41) is 0. The van der Waals surface area contributed by atoms with Gasteiger partial charge < -0.3 is 19.6 Å². The van der Waals surface area contributed by atoms with Crippen LogP contribution < -0.4 is 52.4 Å². The molecule has 4 heterocycles. The molecule has 0 amide bonds. The molecule has 22 aromatic rings. The van der Waals surface area contributed by atoms with Gasteiger partial charge in [0.15, 0.2) is 0 Å². The molecule has 0 atom stereocenters. The summed E-state index contributed by atoms with van der Waals surface area (Å²) in [6.45, 7) is 11.4. The van der Waals surface area contributed by atoms with Crippen LogP contribution in [0.3, 0.4) is 0 Å². The Kier molecular flexibility index (Phi) is 23.5. The number of fused-ring (bicyclic) bond motifs is 8. The van der Waals surface area contributed by atoms with Gasteiger partial charge in [-0.05, 0) is 219 Å². The van der Waals surface area contributed by atoms with Crippen LogP contribution in [-0.2, 0) is 27.1 Å². The molecule has 26 rings (SSSR count). The lowest BCUT2D eigenvalue weighted by Gasteiger charge is -2.47. The second kappa shape index (κ2) is 38.0. The van der Waals surface area contributed by atoms with E-state index < -0.39 is 21.7 Å². The summed E-state index contributed by atoms with van der Waals surface area (Å²) in [6.07, 6.45) is 0. The predicted molar refractivity (Wildman–Crippen MR) is 622 cm³/mol. The van der Waals surface area contributed by atoms with E-state index in [4.69, 9.17) is 0 Å². The highest BCUT2D eigenvalue weighted by molar-refractivity contribution is 7.01. The SMILES string of the molecule is CC(C)(C)c1ccc2c(c1)B1c3ccccc3N(c3ccccc3C(c3ccccc3)(c3ccccc3)c3ccccc3)c3cccc(c31)N2c1ccccc1C(c1ccccc1)(c1ccccc1)c1ccccc1.Cc1ccc2c(c1)B1c3cc(C)ccc3N(c3ccccc3C(c3ccccc3)(c3ccccc3)c3ccccc3)c3cccc(c31)N2c1ccccc1C(c1ccccc1)(c1ccccc1)c1ccccc1. The first kappa shape index (κ1) is 91.4. The number of aryl methyl sites for hydroxylation is 2. The molecular formula is C142H110B2N4. The third-order valence-electron chi connectivity index (χ3n) is 31.7. The zero-order chi connectivity index (χ0) is 99.5. The molecule has 22 aromatic carbocycles. The fourth-order valence-electron chi connectivity index (χ4n) is 25.6. The van der Waals surface area contributed by atoms with E-state index in [-0.39, 0.29) is 18.8 Å². The molecule has 0 fully saturated rings. The minimum atomic E-state index is -0.690. The maximum atomic E-state index is 2.61. The quantitative estimate of drug-likeness (QED) is 0.0557. The first-order valence-corrected chi connectivity index (χ1v) is 51.9. The van der Waals surface area contributed by atoms with Crippen molar-refractivity contribution in [1.82, 2.24) is 0 Å². The summed E-state index contributed by atoms with van der Waals surface area (Å²) in [7, 11) is 0. The van der Waals surface area contributed by atoms with Crippen LogP contribution in [0, 0.1) is 13.8 Å². The van der Waals surface area contributed by atoms with Crippen molar-refractivity contribution < 1.29 is 0 Å². The van der Waals surface area contributed by atoms with E-state index in [9.17, 15) is 0 Å². The normalized spacial score (nSPS) is 12.8. The highest BCUT2D eigenvalue weighted by Gasteiger charge is 2.53. The largest absolute Gasteiger partial charge is 0.311 e. The number of hydrogen-bond donors (Lipinski definition) is 0. The van der Waals surface area contributed by atoms with Crippen LogP contribution in [-0.4, -0.2) is 13.4 Å². The Hall–Kier alpha value is -17.8. The molecule has 0 unspecified atom stereocenters. The third-order valence-corrected chi connectivity index (χ3v) is 31.7. The number of rotatable bonds is 20. The van der Waals surface area contributed by atoms with Gasteiger partial charge in [-0.1, -0.05) is 535 Å². The molecule has 0 saturated heterocycles. The first-order valence-electron chi connectivity index (χ1n) is 51.9. The van der Waals surface area contributed by atoms with Crippen molar-refractivity contribution in [3.8, 4) is 0 Å². The van der Waals surface area contributed by atoms with Crippen LogP contribution in [0.4, 0.5) is 68.2 Å². The van der Waals surface area contributed by atoms with Gasteiger partial charge in [0, 0.05) is 45.5 Å². The first-order chi connectivity index (χ1) is 73.0. The van der Waals surface area contributed by atoms with E-state index in [0.717, 1.165) is 22.7 Å². The fraction of sp³-hybridized carbons (Fsp3) is 0.0704. The summed E-state index contributed by atoms with van der Waals surface area (Å²) < 4.78 is 0. The fourth-order valence-corrected chi connectivity index (χ4v) is 25.6. The van der Waals surface area contributed by atoms with Crippen LogP contribution in [0.1, 0.15) is 126 Å². The minimum Gasteiger partial charge on any atom is -0.311 e. The Morgan fingerprint density at radius 1 is 0.142 bits per heavy atom. The van der Waals surface area contributed by atoms with E-state index >= 15 is 0 Å². The number of anilines is 12. The number of nitrogens with zero attached hydrogens (tertiary/aromatic N) is 4. The maximum Gasteiger partial charge on any atom is 0.252 e.